The highest BCUT2D eigenvalue weighted by Gasteiger charge is 2.71. The van der Waals surface area contributed by atoms with Gasteiger partial charge in [-0.3, -0.25) is 24.2 Å². The molecule has 1 amide bonds. The number of rotatable bonds is 12. The van der Waals surface area contributed by atoms with E-state index >= 15 is 0 Å². The summed E-state index contributed by atoms with van der Waals surface area (Å²) in [6, 6.07) is 3.80. The molecule has 10 nitrogen and oxygen atoms in total. The van der Waals surface area contributed by atoms with Crippen molar-refractivity contribution in [3.63, 3.8) is 0 Å². The third kappa shape index (κ3) is 6.76. The fourth-order valence-corrected chi connectivity index (χ4v) is 13.5. The summed E-state index contributed by atoms with van der Waals surface area (Å²) in [6.07, 6.45) is 9.75. The van der Waals surface area contributed by atoms with Crippen LogP contribution in [0.4, 0.5) is 0 Å². The second kappa shape index (κ2) is 14.9. The molecule has 0 bridgehead atoms. The number of ketones is 1. The molecule has 0 aliphatic heterocycles. The highest BCUT2D eigenvalue weighted by Crippen LogP contribution is 2.77. The Morgan fingerprint density at radius 2 is 1.64 bits per heavy atom. The Kier molecular flexibility index (Phi) is 11.3. The molecular weight excluding hydrogens is 707 g/mol. The number of nitrogens with zero attached hydrogens (tertiary/aromatic N) is 2. The van der Waals surface area contributed by atoms with Gasteiger partial charge >= 0.3 is 11.9 Å². The Morgan fingerprint density at radius 3 is 2.27 bits per heavy atom. The number of aromatic nitrogens is 1. The molecular formula is C46H69N3O7. The van der Waals surface area contributed by atoms with Crippen LogP contribution in [0.2, 0.25) is 0 Å². The monoisotopic (exact) mass is 776 g/mol. The van der Waals surface area contributed by atoms with Crippen molar-refractivity contribution in [1.29, 1.82) is 0 Å². The number of Topliss-reactive ketones (excluding diaryl/α,β-unsaturated/α-hetero) is 1. The van der Waals surface area contributed by atoms with E-state index < -0.39 is 28.9 Å². The topological polar surface area (TPSA) is 146 Å². The first-order valence-corrected chi connectivity index (χ1v) is 21.3. The minimum atomic E-state index is -1.18. The average Bonchev–Trinajstić information content (AvgIpc) is 3.43. The maximum atomic E-state index is 14.2. The van der Waals surface area contributed by atoms with Crippen LogP contribution in [-0.4, -0.2) is 76.1 Å². The maximum Gasteiger partial charge on any atom is 0.309 e. The predicted molar refractivity (Wildman–Crippen MR) is 215 cm³/mol. The summed E-state index contributed by atoms with van der Waals surface area (Å²) in [5, 5.41) is 25.2. The van der Waals surface area contributed by atoms with Gasteiger partial charge in [-0.05, 0) is 135 Å². The number of amides is 1. The van der Waals surface area contributed by atoms with Crippen LogP contribution < -0.4 is 5.32 Å². The summed E-state index contributed by atoms with van der Waals surface area (Å²) in [5.41, 5.74) is 0.788. The summed E-state index contributed by atoms with van der Waals surface area (Å²) >= 11 is 0. The van der Waals surface area contributed by atoms with Crippen LogP contribution in [0.5, 0.6) is 0 Å². The van der Waals surface area contributed by atoms with Crippen molar-refractivity contribution in [2.75, 3.05) is 20.1 Å². The molecule has 1 aromatic heterocycles. The number of allylic oxidation sites excluding steroid dienone is 1. The molecule has 1 aromatic rings. The number of esters is 1. The zero-order valence-corrected chi connectivity index (χ0v) is 35.8. The number of carbonyl (C=O) groups is 4. The van der Waals surface area contributed by atoms with Crippen molar-refractivity contribution in [3.05, 3.63) is 41.2 Å². The van der Waals surface area contributed by atoms with E-state index in [-0.39, 0.29) is 70.8 Å². The number of aliphatic hydroxyl groups excluding tert-OH is 1. The van der Waals surface area contributed by atoms with E-state index in [4.69, 9.17) is 4.74 Å². The van der Waals surface area contributed by atoms with E-state index in [1.165, 1.54) is 5.57 Å². The summed E-state index contributed by atoms with van der Waals surface area (Å²) in [7, 11) is 1.75. The Balaban J connectivity index is 1.30. The molecule has 0 radical (unpaired) electrons. The molecule has 0 spiro atoms. The van der Waals surface area contributed by atoms with Gasteiger partial charge in [-0.2, -0.15) is 0 Å². The van der Waals surface area contributed by atoms with E-state index in [1.807, 2.05) is 12.1 Å². The number of fused-ring (bicyclic) bond motifs is 7. The summed E-state index contributed by atoms with van der Waals surface area (Å²) < 4.78 is 6.17. The van der Waals surface area contributed by atoms with Crippen LogP contribution in [0.25, 0.3) is 0 Å². The summed E-state index contributed by atoms with van der Waals surface area (Å²) in [6.45, 7) is 20.1. The Labute approximate surface area is 335 Å². The smallest absolute Gasteiger partial charge is 0.309 e. The minimum Gasteiger partial charge on any atom is -0.481 e. The molecule has 6 rings (SSSR count). The number of hydrogen-bond donors (Lipinski definition) is 3. The van der Waals surface area contributed by atoms with Crippen LogP contribution in [0.3, 0.4) is 0 Å². The van der Waals surface area contributed by atoms with Crippen LogP contribution >= 0.6 is 0 Å². The standard InChI is InChI=1S/C46H69N3O7/c1-28(2)38-31(50)23-46(34(51)27-49(36(52)25-47-10)26-29-15-21-48-22-16-29)20-19-44(8)30(39(38)46)11-12-33-43(7)17-14-35(56-37(53)24-41(3,4)40(54)55)42(5,6)32(43)13-18-45(33,44)9/h15-16,21-22,28,30,32-35,47,51H,11-14,17-20,23-27H2,1-10H3,(H,54,55)/t30-,32+,33-,34?,35+,43+,44-,45-,46?/m1/s1. The molecule has 9 atom stereocenters. The van der Waals surface area contributed by atoms with Gasteiger partial charge in [0, 0.05) is 42.7 Å². The SMILES string of the molecule is CNCC(=O)N(Cc1ccncc1)CC(O)C12CC[C@]3(C)[C@H](CC[C@@H]4[C@@]5(C)CC[C@H](OC(=O)CC(C)(C)C(=O)O)C(C)(C)[C@@H]5CC[C@]43C)C1=C(C(C)C)C(=O)C2. The first-order valence-electron chi connectivity index (χ1n) is 21.3. The van der Waals surface area contributed by atoms with Crippen molar-refractivity contribution in [1.82, 2.24) is 15.2 Å². The van der Waals surface area contributed by atoms with Crippen LogP contribution in [0.1, 0.15) is 132 Å². The molecule has 0 aromatic carbocycles. The second-order valence-electron chi connectivity index (χ2n) is 20.7. The van der Waals surface area contributed by atoms with Crippen molar-refractivity contribution in [2.45, 2.75) is 145 Å². The number of aliphatic carboxylic acids is 1. The molecule has 56 heavy (non-hydrogen) atoms. The molecule has 1 heterocycles. The van der Waals surface area contributed by atoms with Crippen molar-refractivity contribution < 1.29 is 34.1 Å². The van der Waals surface area contributed by atoms with Gasteiger partial charge in [-0.1, -0.05) is 54.0 Å². The van der Waals surface area contributed by atoms with E-state index in [9.17, 15) is 29.4 Å². The lowest BCUT2D eigenvalue weighted by atomic mass is 9.33. The van der Waals surface area contributed by atoms with Gasteiger partial charge in [-0.25, -0.2) is 0 Å². The van der Waals surface area contributed by atoms with Gasteiger partial charge in [0.15, 0.2) is 5.78 Å². The number of likely N-dealkylation sites (N-methyl/N-ethyl adjacent to an activating group) is 1. The lowest BCUT2D eigenvalue weighted by Crippen LogP contribution is -2.66. The Hall–Kier alpha value is -3.11. The fourth-order valence-electron chi connectivity index (χ4n) is 13.5. The first kappa shape index (κ1) is 42.5. The molecule has 4 saturated carbocycles. The molecule has 10 heteroatoms. The lowest BCUT2D eigenvalue weighted by Gasteiger charge is -2.72. The van der Waals surface area contributed by atoms with Crippen molar-refractivity contribution in [2.24, 2.45) is 56.2 Å². The number of carboxylic acids is 1. The van der Waals surface area contributed by atoms with Crippen molar-refractivity contribution >= 4 is 23.6 Å². The Bertz CT molecular complexity index is 1740. The maximum absolute atomic E-state index is 14.2. The molecule has 0 saturated heterocycles. The van der Waals surface area contributed by atoms with E-state index in [0.29, 0.717) is 31.2 Å². The van der Waals surface area contributed by atoms with Gasteiger partial charge < -0.3 is 25.2 Å². The summed E-state index contributed by atoms with van der Waals surface area (Å²) in [5.74, 6) is -0.420. The molecule has 4 fully saturated rings. The van der Waals surface area contributed by atoms with Crippen LogP contribution in [0.15, 0.2) is 35.7 Å². The van der Waals surface area contributed by atoms with Crippen LogP contribution in [0, 0.1) is 56.2 Å². The van der Waals surface area contributed by atoms with Gasteiger partial charge in [0.05, 0.1) is 24.5 Å². The molecule has 5 aliphatic carbocycles. The van der Waals surface area contributed by atoms with Crippen molar-refractivity contribution in [3.8, 4) is 0 Å². The highest BCUT2D eigenvalue weighted by molar-refractivity contribution is 6.00. The van der Waals surface area contributed by atoms with E-state index in [2.05, 4.69) is 58.8 Å². The Morgan fingerprint density at radius 1 is 0.964 bits per heavy atom. The number of pyridine rings is 1. The summed E-state index contributed by atoms with van der Waals surface area (Å²) in [4.78, 5) is 58.6. The molecule has 5 aliphatic rings. The molecule has 3 N–H and O–H groups in total. The zero-order valence-electron chi connectivity index (χ0n) is 35.8. The number of ether oxygens (including phenoxy) is 1. The number of carboxylic acid groups (broad SMARTS) is 1. The number of nitrogens with one attached hydrogen (secondary N) is 1. The van der Waals surface area contributed by atoms with E-state index in [1.54, 1.807) is 38.2 Å². The van der Waals surface area contributed by atoms with Gasteiger partial charge in [0.25, 0.3) is 0 Å². The van der Waals surface area contributed by atoms with Gasteiger partial charge in [0.2, 0.25) is 5.91 Å². The average molecular weight is 776 g/mol. The van der Waals surface area contributed by atoms with Gasteiger partial charge in [-0.15, -0.1) is 0 Å². The normalized spacial score (nSPS) is 35.5. The zero-order chi connectivity index (χ0) is 41.2. The number of aliphatic hydroxyl groups is 1. The van der Waals surface area contributed by atoms with Gasteiger partial charge in [0.1, 0.15) is 6.10 Å². The third-order valence-corrected chi connectivity index (χ3v) is 16.7. The lowest BCUT2D eigenvalue weighted by molar-refractivity contribution is -0.235. The predicted octanol–water partition coefficient (Wildman–Crippen LogP) is 7.38. The fraction of sp³-hybridized carbons (Fsp3) is 0.761. The first-order chi connectivity index (χ1) is 26.1. The molecule has 310 valence electrons. The molecule has 2 unspecified atom stereocenters. The largest absolute Gasteiger partial charge is 0.481 e. The number of hydrogen-bond acceptors (Lipinski definition) is 8. The van der Waals surface area contributed by atoms with E-state index in [0.717, 1.165) is 56.1 Å². The third-order valence-electron chi connectivity index (χ3n) is 16.7. The van der Waals surface area contributed by atoms with Crippen LogP contribution in [-0.2, 0) is 30.5 Å². The quantitative estimate of drug-likeness (QED) is 0.185. The minimum absolute atomic E-state index is 0.0136. The highest BCUT2D eigenvalue weighted by atomic mass is 16.5. The number of carbonyl (C=O) groups excluding carboxylic acids is 3. The second-order valence-corrected chi connectivity index (χ2v) is 20.7.